The molecule has 0 aliphatic carbocycles. The van der Waals surface area contributed by atoms with E-state index < -0.39 is 5.97 Å². The van der Waals surface area contributed by atoms with Gasteiger partial charge in [-0.2, -0.15) is 0 Å². The molecule has 0 spiro atoms. The Morgan fingerprint density at radius 1 is 1.14 bits per heavy atom. The molecule has 1 heterocycles. The van der Waals surface area contributed by atoms with Gasteiger partial charge in [-0.25, -0.2) is 9.64 Å². The van der Waals surface area contributed by atoms with Gasteiger partial charge in [-0.15, -0.1) is 0 Å². The van der Waals surface area contributed by atoms with Crippen LogP contribution in [0.15, 0.2) is 54.7 Å². The zero-order valence-electron chi connectivity index (χ0n) is 10.9. The first-order chi connectivity index (χ1) is 10.2. The first-order valence-corrected chi connectivity index (χ1v) is 6.29. The van der Waals surface area contributed by atoms with Crippen molar-refractivity contribution in [3.8, 4) is 11.3 Å². The van der Waals surface area contributed by atoms with Crippen molar-refractivity contribution in [3.05, 3.63) is 71.7 Å². The Kier molecular flexibility index (Phi) is 3.09. The SMILES string of the molecule is [C-]#[N+]c1ccccc1-c1nccc2ccc(C(=O)O)cc12. The number of hydrogen-bond acceptors (Lipinski definition) is 2. The summed E-state index contributed by atoms with van der Waals surface area (Å²) in [6, 6.07) is 13.9. The maximum atomic E-state index is 11.1. The molecular weight excluding hydrogens is 264 g/mol. The minimum atomic E-state index is -0.981. The Balaban J connectivity index is 2.35. The van der Waals surface area contributed by atoms with Crippen LogP contribution in [0.2, 0.25) is 0 Å². The second-order valence-corrected chi connectivity index (χ2v) is 4.53. The quantitative estimate of drug-likeness (QED) is 0.714. The van der Waals surface area contributed by atoms with E-state index in [4.69, 9.17) is 11.7 Å². The molecule has 4 heteroatoms. The van der Waals surface area contributed by atoms with Gasteiger partial charge in [0, 0.05) is 17.1 Å². The number of carboxylic acids is 1. The summed E-state index contributed by atoms with van der Waals surface area (Å²) in [5.41, 5.74) is 2.04. The molecule has 0 saturated heterocycles. The Bertz CT molecular complexity index is 895. The lowest BCUT2D eigenvalue weighted by Crippen LogP contribution is -1.96. The molecule has 0 unspecified atom stereocenters. The van der Waals surface area contributed by atoms with Crippen LogP contribution in [0.4, 0.5) is 5.69 Å². The van der Waals surface area contributed by atoms with Gasteiger partial charge in [0.1, 0.15) is 0 Å². The molecule has 0 atom stereocenters. The number of carboxylic acid groups (broad SMARTS) is 1. The van der Waals surface area contributed by atoms with E-state index in [1.54, 1.807) is 36.5 Å². The first kappa shape index (κ1) is 12.8. The lowest BCUT2D eigenvalue weighted by Gasteiger charge is -2.08. The van der Waals surface area contributed by atoms with Crippen LogP contribution in [0.3, 0.4) is 0 Å². The maximum Gasteiger partial charge on any atom is 0.335 e. The third kappa shape index (κ3) is 2.21. The number of pyridine rings is 1. The van der Waals surface area contributed by atoms with Crippen LogP contribution in [-0.2, 0) is 0 Å². The third-order valence-electron chi connectivity index (χ3n) is 3.29. The number of benzene rings is 2. The zero-order chi connectivity index (χ0) is 14.8. The summed E-state index contributed by atoms with van der Waals surface area (Å²) >= 11 is 0. The van der Waals surface area contributed by atoms with Gasteiger partial charge in [0.25, 0.3) is 0 Å². The van der Waals surface area contributed by atoms with E-state index in [0.29, 0.717) is 16.9 Å². The molecule has 1 aromatic heterocycles. The number of aromatic carboxylic acids is 1. The van der Waals surface area contributed by atoms with Crippen LogP contribution in [0.25, 0.3) is 26.9 Å². The zero-order valence-corrected chi connectivity index (χ0v) is 10.9. The predicted octanol–water partition coefficient (Wildman–Crippen LogP) is 4.15. The van der Waals surface area contributed by atoms with Crippen molar-refractivity contribution in [1.82, 2.24) is 4.98 Å². The van der Waals surface area contributed by atoms with E-state index in [2.05, 4.69) is 9.83 Å². The topological polar surface area (TPSA) is 54.5 Å². The molecule has 0 aliphatic rings. The van der Waals surface area contributed by atoms with Crippen molar-refractivity contribution < 1.29 is 9.90 Å². The molecule has 0 bridgehead atoms. The van der Waals surface area contributed by atoms with E-state index >= 15 is 0 Å². The maximum absolute atomic E-state index is 11.1. The molecule has 0 fully saturated rings. The highest BCUT2D eigenvalue weighted by Crippen LogP contribution is 2.33. The molecule has 2 aromatic carbocycles. The van der Waals surface area contributed by atoms with Gasteiger partial charge < -0.3 is 5.11 Å². The lowest BCUT2D eigenvalue weighted by molar-refractivity contribution is 0.0697. The van der Waals surface area contributed by atoms with Crippen molar-refractivity contribution in [1.29, 1.82) is 0 Å². The monoisotopic (exact) mass is 274 g/mol. The van der Waals surface area contributed by atoms with E-state index in [9.17, 15) is 4.79 Å². The molecule has 0 amide bonds. The van der Waals surface area contributed by atoms with Crippen LogP contribution in [-0.4, -0.2) is 16.1 Å². The number of carbonyl (C=O) groups is 1. The van der Waals surface area contributed by atoms with Crippen LogP contribution < -0.4 is 0 Å². The van der Waals surface area contributed by atoms with Crippen molar-refractivity contribution in [2.45, 2.75) is 0 Å². The smallest absolute Gasteiger partial charge is 0.335 e. The van der Waals surface area contributed by atoms with Crippen LogP contribution >= 0.6 is 0 Å². The van der Waals surface area contributed by atoms with Gasteiger partial charge in [-0.1, -0.05) is 30.3 Å². The Hall–Kier alpha value is -3.19. The van der Waals surface area contributed by atoms with Gasteiger partial charge in [-0.3, -0.25) is 4.98 Å². The molecule has 4 nitrogen and oxygen atoms in total. The normalized spacial score (nSPS) is 10.2. The van der Waals surface area contributed by atoms with E-state index in [-0.39, 0.29) is 5.56 Å². The average molecular weight is 274 g/mol. The molecule has 0 radical (unpaired) electrons. The third-order valence-corrected chi connectivity index (χ3v) is 3.29. The standard InChI is InChI=1S/C17H10N2O2/c1-18-15-5-3-2-4-13(15)16-14-10-12(17(20)21)7-6-11(14)8-9-19-16/h2-10H,(H,20,21). The fourth-order valence-corrected chi connectivity index (χ4v) is 2.29. The van der Waals surface area contributed by atoms with Crippen molar-refractivity contribution in [2.75, 3.05) is 0 Å². The molecule has 100 valence electrons. The number of nitrogens with zero attached hydrogens (tertiary/aromatic N) is 2. The van der Waals surface area contributed by atoms with Crippen LogP contribution in [0.1, 0.15) is 10.4 Å². The molecule has 0 saturated carbocycles. The van der Waals surface area contributed by atoms with E-state index in [1.807, 2.05) is 18.2 Å². The van der Waals surface area contributed by atoms with Gasteiger partial charge in [-0.05, 0) is 23.6 Å². The largest absolute Gasteiger partial charge is 0.478 e. The minimum absolute atomic E-state index is 0.206. The summed E-state index contributed by atoms with van der Waals surface area (Å²) in [6.45, 7) is 7.26. The fourth-order valence-electron chi connectivity index (χ4n) is 2.29. The molecule has 3 rings (SSSR count). The van der Waals surface area contributed by atoms with Crippen molar-refractivity contribution in [3.63, 3.8) is 0 Å². The van der Waals surface area contributed by atoms with Gasteiger partial charge >= 0.3 is 5.97 Å². The molecule has 21 heavy (non-hydrogen) atoms. The van der Waals surface area contributed by atoms with E-state index in [0.717, 1.165) is 10.8 Å². The number of aromatic nitrogens is 1. The Morgan fingerprint density at radius 2 is 1.95 bits per heavy atom. The molecular formula is C17H10N2O2. The van der Waals surface area contributed by atoms with Gasteiger partial charge in [0.05, 0.1) is 17.8 Å². The predicted molar refractivity (Wildman–Crippen MR) is 80.4 cm³/mol. The summed E-state index contributed by atoms with van der Waals surface area (Å²) in [7, 11) is 0. The number of rotatable bonds is 2. The highest BCUT2D eigenvalue weighted by molar-refractivity contribution is 6.01. The number of para-hydroxylation sites is 1. The molecule has 1 N–H and O–H groups in total. The lowest BCUT2D eigenvalue weighted by atomic mass is 10.0. The summed E-state index contributed by atoms with van der Waals surface area (Å²) in [6.07, 6.45) is 1.67. The minimum Gasteiger partial charge on any atom is -0.478 e. The first-order valence-electron chi connectivity index (χ1n) is 6.29. The molecule has 0 aliphatic heterocycles. The summed E-state index contributed by atoms with van der Waals surface area (Å²) in [5.74, 6) is -0.981. The Labute approximate surface area is 121 Å². The van der Waals surface area contributed by atoms with Crippen LogP contribution in [0.5, 0.6) is 0 Å². The number of fused-ring (bicyclic) bond motifs is 1. The van der Waals surface area contributed by atoms with Crippen molar-refractivity contribution in [2.24, 2.45) is 0 Å². The van der Waals surface area contributed by atoms with Crippen molar-refractivity contribution >= 4 is 22.4 Å². The van der Waals surface area contributed by atoms with Crippen LogP contribution in [0, 0.1) is 6.57 Å². The van der Waals surface area contributed by atoms with E-state index in [1.165, 1.54) is 0 Å². The van der Waals surface area contributed by atoms with Gasteiger partial charge in [0.15, 0.2) is 5.69 Å². The molecule has 3 aromatic rings. The summed E-state index contributed by atoms with van der Waals surface area (Å²) < 4.78 is 0. The fraction of sp³-hybridized carbons (Fsp3) is 0. The highest BCUT2D eigenvalue weighted by atomic mass is 16.4. The highest BCUT2D eigenvalue weighted by Gasteiger charge is 2.11. The summed E-state index contributed by atoms with van der Waals surface area (Å²) in [4.78, 5) is 19.0. The number of hydrogen-bond donors (Lipinski definition) is 1. The average Bonchev–Trinajstić information content (AvgIpc) is 2.53. The van der Waals surface area contributed by atoms with Gasteiger partial charge in [0.2, 0.25) is 0 Å². The second-order valence-electron chi connectivity index (χ2n) is 4.53. The second kappa shape index (κ2) is 5.06. The Morgan fingerprint density at radius 3 is 2.71 bits per heavy atom. The summed E-state index contributed by atoms with van der Waals surface area (Å²) in [5, 5.41) is 10.8.